The Bertz CT molecular complexity index is 969. The molecule has 1 heterocycles. The molecule has 0 aliphatic heterocycles. The van der Waals surface area contributed by atoms with Gasteiger partial charge in [0.2, 0.25) is 0 Å². The van der Waals surface area contributed by atoms with Gasteiger partial charge in [0.1, 0.15) is 0 Å². The molecule has 2 aromatic carbocycles. The molecule has 1 aliphatic rings. The second kappa shape index (κ2) is 7.14. The number of anilines is 1. The molecule has 3 aromatic rings. The molecule has 4 rings (SSSR count). The highest BCUT2D eigenvalue weighted by molar-refractivity contribution is 7.16. The molecule has 6 heteroatoms. The number of thiazole rings is 1. The molecule has 1 aliphatic carbocycles. The van der Waals surface area contributed by atoms with Crippen molar-refractivity contribution in [1.29, 1.82) is 5.26 Å². The van der Waals surface area contributed by atoms with E-state index in [2.05, 4.69) is 34.6 Å². The summed E-state index contributed by atoms with van der Waals surface area (Å²) < 4.78 is 1.16. The van der Waals surface area contributed by atoms with Gasteiger partial charge in [-0.2, -0.15) is 5.26 Å². The number of hydrogen-bond acceptors (Lipinski definition) is 4. The minimum atomic E-state index is -0.0993. The fraction of sp³-hybridized carbons (Fsp3) is 0.250. The van der Waals surface area contributed by atoms with E-state index in [0.29, 0.717) is 17.8 Å². The SMILES string of the molecule is N#Cc1ccc(NC(=O)N(Cc2ccc3scnc3c2)C2CCC2)cc1. The monoisotopic (exact) mass is 362 g/mol. The Morgan fingerprint density at radius 2 is 2.08 bits per heavy atom. The Morgan fingerprint density at radius 1 is 1.27 bits per heavy atom. The van der Waals surface area contributed by atoms with E-state index in [0.717, 1.165) is 35.0 Å². The summed E-state index contributed by atoms with van der Waals surface area (Å²) in [5.41, 5.74) is 5.19. The van der Waals surface area contributed by atoms with Crippen LogP contribution in [0.1, 0.15) is 30.4 Å². The van der Waals surface area contributed by atoms with Gasteiger partial charge in [-0.3, -0.25) is 0 Å². The number of rotatable bonds is 4. The molecule has 1 saturated carbocycles. The molecule has 1 fully saturated rings. The predicted molar refractivity (Wildman–Crippen MR) is 103 cm³/mol. The van der Waals surface area contributed by atoms with E-state index in [4.69, 9.17) is 5.26 Å². The van der Waals surface area contributed by atoms with Gasteiger partial charge in [0.25, 0.3) is 0 Å². The van der Waals surface area contributed by atoms with E-state index < -0.39 is 0 Å². The number of fused-ring (bicyclic) bond motifs is 1. The molecule has 0 radical (unpaired) electrons. The smallest absolute Gasteiger partial charge is 0.317 e. The average molecular weight is 362 g/mol. The van der Waals surface area contributed by atoms with Gasteiger partial charge in [-0.1, -0.05) is 6.07 Å². The summed E-state index contributed by atoms with van der Waals surface area (Å²) >= 11 is 1.62. The Labute approximate surface area is 155 Å². The Kier molecular flexibility index (Phi) is 4.55. The first kappa shape index (κ1) is 16.6. The lowest BCUT2D eigenvalue weighted by Gasteiger charge is -2.37. The molecule has 0 unspecified atom stereocenters. The van der Waals surface area contributed by atoms with E-state index in [-0.39, 0.29) is 12.1 Å². The summed E-state index contributed by atoms with van der Waals surface area (Å²) in [6.45, 7) is 0.570. The number of benzene rings is 2. The molecular weight excluding hydrogens is 344 g/mol. The highest BCUT2D eigenvalue weighted by Crippen LogP contribution is 2.28. The van der Waals surface area contributed by atoms with Crippen LogP contribution in [-0.4, -0.2) is 22.0 Å². The Morgan fingerprint density at radius 3 is 2.77 bits per heavy atom. The molecule has 26 heavy (non-hydrogen) atoms. The molecule has 0 atom stereocenters. The van der Waals surface area contributed by atoms with Crippen molar-refractivity contribution in [3.8, 4) is 6.07 Å². The minimum absolute atomic E-state index is 0.0993. The van der Waals surface area contributed by atoms with Crippen molar-refractivity contribution in [2.24, 2.45) is 0 Å². The summed E-state index contributed by atoms with van der Waals surface area (Å²) in [5.74, 6) is 0. The van der Waals surface area contributed by atoms with Crippen molar-refractivity contribution in [3.63, 3.8) is 0 Å². The summed E-state index contributed by atoms with van der Waals surface area (Å²) in [6, 6.07) is 15.4. The number of aromatic nitrogens is 1. The molecular formula is C20H18N4OS. The van der Waals surface area contributed by atoms with E-state index in [1.807, 2.05) is 10.4 Å². The summed E-state index contributed by atoms with van der Waals surface area (Å²) in [5, 5.41) is 11.8. The fourth-order valence-electron chi connectivity index (χ4n) is 3.09. The van der Waals surface area contributed by atoms with Crippen LogP contribution in [0.2, 0.25) is 0 Å². The van der Waals surface area contributed by atoms with Gasteiger partial charge in [-0.25, -0.2) is 9.78 Å². The van der Waals surface area contributed by atoms with Gasteiger partial charge < -0.3 is 10.2 Å². The maximum atomic E-state index is 12.9. The third kappa shape index (κ3) is 3.39. The minimum Gasteiger partial charge on any atom is -0.317 e. The van der Waals surface area contributed by atoms with Crippen LogP contribution in [0.15, 0.2) is 48.0 Å². The zero-order chi connectivity index (χ0) is 17.9. The van der Waals surface area contributed by atoms with Crippen molar-refractivity contribution in [2.45, 2.75) is 31.8 Å². The number of urea groups is 1. The Hall–Kier alpha value is -2.91. The van der Waals surface area contributed by atoms with Gasteiger partial charge in [-0.05, 0) is 61.2 Å². The van der Waals surface area contributed by atoms with Crippen molar-refractivity contribution in [2.75, 3.05) is 5.32 Å². The van der Waals surface area contributed by atoms with Crippen molar-refractivity contribution >= 4 is 33.3 Å². The number of amides is 2. The number of hydrogen-bond donors (Lipinski definition) is 1. The zero-order valence-electron chi connectivity index (χ0n) is 14.2. The standard InChI is InChI=1S/C20H18N4OS/c21-11-14-4-7-16(8-5-14)23-20(25)24(17-2-1-3-17)12-15-6-9-19-18(10-15)22-13-26-19/h4-10,13,17H,1-3,12H2,(H,23,25). The predicted octanol–water partition coefficient (Wildman–Crippen LogP) is 4.75. The maximum Gasteiger partial charge on any atom is 0.322 e. The highest BCUT2D eigenvalue weighted by Gasteiger charge is 2.29. The molecule has 2 amide bonds. The first-order valence-corrected chi connectivity index (χ1v) is 9.51. The third-order valence-corrected chi connectivity index (χ3v) is 5.60. The lowest BCUT2D eigenvalue weighted by atomic mass is 9.91. The second-order valence-corrected chi connectivity index (χ2v) is 7.37. The van der Waals surface area contributed by atoms with Crippen molar-refractivity contribution in [3.05, 3.63) is 59.1 Å². The zero-order valence-corrected chi connectivity index (χ0v) is 15.0. The first-order chi connectivity index (χ1) is 12.7. The van der Waals surface area contributed by atoms with Gasteiger partial charge >= 0.3 is 6.03 Å². The lowest BCUT2D eigenvalue weighted by molar-refractivity contribution is 0.143. The molecule has 0 saturated heterocycles. The van der Waals surface area contributed by atoms with Crippen LogP contribution >= 0.6 is 11.3 Å². The summed E-state index contributed by atoms with van der Waals surface area (Å²) in [6.07, 6.45) is 3.25. The molecule has 130 valence electrons. The summed E-state index contributed by atoms with van der Waals surface area (Å²) in [4.78, 5) is 19.1. The molecule has 1 N–H and O–H groups in total. The topological polar surface area (TPSA) is 69.0 Å². The largest absolute Gasteiger partial charge is 0.322 e. The van der Waals surface area contributed by atoms with Crippen LogP contribution in [0.5, 0.6) is 0 Å². The van der Waals surface area contributed by atoms with Crippen LogP contribution in [0.25, 0.3) is 10.2 Å². The van der Waals surface area contributed by atoms with E-state index in [9.17, 15) is 4.79 Å². The third-order valence-electron chi connectivity index (χ3n) is 4.79. The van der Waals surface area contributed by atoms with Crippen LogP contribution < -0.4 is 5.32 Å². The highest BCUT2D eigenvalue weighted by atomic mass is 32.1. The molecule has 5 nitrogen and oxygen atoms in total. The van der Waals surface area contributed by atoms with Crippen LogP contribution in [0.4, 0.5) is 10.5 Å². The van der Waals surface area contributed by atoms with E-state index in [1.54, 1.807) is 35.6 Å². The summed E-state index contributed by atoms with van der Waals surface area (Å²) in [7, 11) is 0. The normalized spacial score (nSPS) is 13.8. The number of nitrogens with one attached hydrogen (secondary N) is 1. The number of carbonyl (C=O) groups is 1. The van der Waals surface area contributed by atoms with Crippen LogP contribution in [-0.2, 0) is 6.54 Å². The number of nitriles is 1. The van der Waals surface area contributed by atoms with Gasteiger partial charge in [0.05, 0.1) is 27.4 Å². The van der Waals surface area contributed by atoms with Gasteiger partial charge in [0, 0.05) is 18.3 Å². The lowest BCUT2D eigenvalue weighted by Crippen LogP contribution is -2.45. The van der Waals surface area contributed by atoms with Crippen molar-refractivity contribution < 1.29 is 4.79 Å². The average Bonchev–Trinajstić information content (AvgIpc) is 3.08. The molecule has 0 spiro atoms. The van der Waals surface area contributed by atoms with E-state index >= 15 is 0 Å². The molecule has 1 aromatic heterocycles. The second-order valence-electron chi connectivity index (χ2n) is 6.49. The number of carbonyl (C=O) groups excluding carboxylic acids is 1. The number of nitrogens with zero attached hydrogens (tertiary/aromatic N) is 3. The molecule has 0 bridgehead atoms. The van der Waals surface area contributed by atoms with Gasteiger partial charge in [0.15, 0.2) is 0 Å². The first-order valence-electron chi connectivity index (χ1n) is 8.63. The maximum absolute atomic E-state index is 12.9. The van der Waals surface area contributed by atoms with E-state index in [1.165, 1.54) is 0 Å². The van der Waals surface area contributed by atoms with Crippen molar-refractivity contribution in [1.82, 2.24) is 9.88 Å². The van der Waals surface area contributed by atoms with Crippen LogP contribution in [0.3, 0.4) is 0 Å². The quantitative estimate of drug-likeness (QED) is 0.728. The van der Waals surface area contributed by atoms with Gasteiger partial charge in [-0.15, -0.1) is 11.3 Å². The Balaban J connectivity index is 1.51. The van der Waals surface area contributed by atoms with Crippen LogP contribution in [0, 0.1) is 11.3 Å². The fourth-order valence-corrected chi connectivity index (χ4v) is 3.75.